The molecular formula is C28H37N7O4. The van der Waals surface area contributed by atoms with Crippen molar-refractivity contribution in [2.24, 2.45) is 0 Å². The fraction of sp³-hybridized carbons (Fsp3) is 0.536. The molecule has 1 aliphatic heterocycles. The van der Waals surface area contributed by atoms with Crippen LogP contribution in [0.2, 0.25) is 0 Å². The molecule has 0 spiro atoms. The third-order valence-corrected chi connectivity index (χ3v) is 7.03. The van der Waals surface area contributed by atoms with E-state index < -0.39 is 5.60 Å². The van der Waals surface area contributed by atoms with Gasteiger partial charge in [0.1, 0.15) is 22.8 Å². The van der Waals surface area contributed by atoms with Crippen LogP contribution in [0, 0.1) is 0 Å². The van der Waals surface area contributed by atoms with Crippen molar-refractivity contribution in [2.45, 2.75) is 65.0 Å². The lowest BCUT2D eigenvalue weighted by molar-refractivity contribution is 0.0240. The van der Waals surface area contributed by atoms with Gasteiger partial charge in [0.15, 0.2) is 0 Å². The van der Waals surface area contributed by atoms with E-state index in [0.717, 1.165) is 42.4 Å². The maximum absolute atomic E-state index is 12.7. The van der Waals surface area contributed by atoms with Gasteiger partial charge in [0.25, 0.3) is 0 Å². The molecule has 2 aliphatic rings. The van der Waals surface area contributed by atoms with E-state index in [4.69, 9.17) is 14.5 Å². The van der Waals surface area contributed by atoms with Gasteiger partial charge in [-0.25, -0.2) is 19.6 Å². The van der Waals surface area contributed by atoms with E-state index in [1.165, 1.54) is 0 Å². The summed E-state index contributed by atoms with van der Waals surface area (Å²) in [6.07, 6.45) is 7.56. The third-order valence-electron chi connectivity index (χ3n) is 7.03. The number of nitrogens with one attached hydrogen (secondary N) is 1. The highest BCUT2D eigenvalue weighted by molar-refractivity contribution is 5.94. The summed E-state index contributed by atoms with van der Waals surface area (Å²) < 4.78 is 12.8. The quantitative estimate of drug-likeness (QED) is 0.439. The minimum absolute atomic E-state index is 0.220. The normalized spacial score (nSPS) is 16.5. The molecule has 5 rings (SSSR count). The largest absolute Gasteiger partial charge is 0.461 e. The van der Waals surface area contributed by atoms with E-state index in [0.29, 0.717) is 50.2 Å². The van der Waals surface area contributed by atoms with E-state index in [-0.39, 0.29) is 18.1 Å². The van der Waals surface area contributed by atoms with Crippen molar-refractivity contribution in [1.29, 1.82) is 0 Å². The third kappa shape index (κ3) is 6.07. The van der Waals surface area contributed by atoms with Crippen LogP contribution in [0.5, 0.6) is 0 Å². The maximum Gasteiger partial charge on any atom is 0.410 e. The molecular weight excluding hydrogens is 498 g/mol. The number of piperazine rings is 1. The molecule has 1 amide bonds. The number of aromatic nitrogens is 4. The van der Waals surface area contributed by atoms with Gasteiger partial charge in [0.05, 0.1) is 18.5 Å². The predicted molar refractivity (Wildman–Crippen MR) is 149 cm³/mol. The number of anilines is 3. The van der Waals surface area contributed by atoms with Gasteiger partial charge in [0, 0.05) is 43.8 Å². The fourth-order valence-electron chi connectivity index (χ4n) is 5.20. The Morgan fingerprint density at radius 1 is 1.05 bits per heavy atom. The molecule has 1 aliphatic carbocycles. The molecule has 1 N–H and O–H groups in total. The first-order valence-electron chi connectivity index (χ1n) is 13.7. The molecule has 3 aromatic heterocycles. The van der Waals surface area contributed by atoms with E-state index in [9.17, 15) is 9.59 Å². The van der Waals surface area contributed by atoms with Crippen LogP contribution >= 0.6 is 0 Å². The van der Waals surface area contributed by atoms with Crippen molar-refractivity contribution in [1.82, 2.24) is 24.4 Å². The summed E-state index contributed by atoms with van der Waals surface area (Å²) in [6.45, 7) is 10.4. The molecule has 39 heavy (non-hydrogen) atoms. The van der Waals surface area contributed by atoms with Crippen molar-refractivity contribution < 1.29 is 19.1 Å². The van der Waals surface area contributed by atoms with Gasteiger partial charge in [0.2, 0.25) is 5.95 Å². The molecule has 0 aromatic carbocycles. The lowest BCUT2D eigenvalue weighted by Crippen LogP contribution is -2.50. The van der Waals surface area contributed by atoms with Crippen molar-refractivity contribution in [2.75, 3.05) is 43.0 Å². The smallest absolute Gasteiger partial charge is 0.410 e. The summed E-state index contributed by atoms with van der Waals surface area (Å²) in [5, 5.41) is 4.01. The SMILES string of the molecule is CCOC(=O)c1cc2cnc(Nc3ccc(N4CCN(C(=O)OC(C)(C)C)CC4)cn3)nc2n1C1CCCC1. The van der Waals surface area contributed by atoms with Crippen LogP contribution in [0.15, 0.2) is 30.6 Å². The van der Waals surface area contributed by atoms with Crippen LogP contribution in [-0.4, -0.2) is 74.9 Å². The number of hydrogen-bond donors (Lipinski definition) is 1. The van der Waals surface area contributed by atoms with Crippen LogP contribution in [0.25, 0.3) is 11.0 Å². The average molecular weight is 536 g/mol. The van der Waals surface area contributed by atoms with E-state index in [1.807, 2.05) is 56.7 Å². The van der Waals surface area contributed by atoms with E-state index in [1.54, 1.807) is 11.1 Å². The minimum Gasteiger partial charge on any atom is -0.461 e. The van der Waals surface area contributed by atoms with Crippen LogP contribution in [0.3, 0.4) is 0 Å². The molecule has 1 saturated carbocycles. The Balaban J connectivity index is 1.27. The molecule has 4 heterocycles. The van der Waals surface area contributed by atoms with Crippen LogP contribution in [0.4, 0.5) is 22.2 Å². The first-order valence-corrected chi connectivity index (χ1v) is 13.7. The van der Waals surface area contributed by atoms with Crippen molar-refractivity contribution in [3.8, 4) is 0 Å². The summed E-state index contributed by atoms with van der Waals surface area (Å²) in [7, 11) is 0. The first kappa shape index (κ1) is 26.7. The number of esters is 1. The first-order chi connectivity index (χ1) is 18.7. The Hall–Kier alpha value is -3.89. The fourth-order valence-corrected chi connectivity index (χ4v) is 5.20. The molecule has 11 heteroatoms. The molecule has 3 aromatic rings. The summed E-state index contributed by atoms with van der Waals surface area (Å²) in [6, 6.07) is 5.93. The zero-order valence-electron chi connectivity index (χ0n) is 23.1. The summed E-state index contributed by atoms with van der Waals surface area (Å²) in [5.41, 5.74) is 1.73. The zero-order chi connectivity index (χ0) is 27.6. The van der Waals surface area contributed by atoms with Gasteiger partial charge < -0.3 is 29.2 Å². The van der Waals surface area contributed by atoms with Gasteiger partial charge in [-0.05, 0) is 58.7 Å². The van der Waals surface area contributed by atoms with Gasteiger partial charge in [-0.1, -0.05) is 12.8 Å². The van der Waals surface area contributed by atoms with E-state index >= 15 is 0 Å². The molecule has 1 saturated heterocycles. The van der Waals surface area contributed by atoms with Crippen LogP contribution in [0.1, 0.15) is 69.9 Å². The van der Waals surface area contributed by atoms with Gasteiger partial charge in [-0.2, -0.15) is 4.98 Å². The minimum atomic E-state index is -0.502. The van der Waals surface area contributed by atoms with Crippen molar-refractivity contribution in [3.63, 3.8) is 0 Å². The topological polar surface area (TPSA) is 115 Å². The second-order valence-electron chi connectivity index (χ2n) is 11.0. The zero-order valence-corrected chi connectivity index (χ0v) is 23.1. The summed E-state index contributed by atoms with van der Waals surface area (Å²) in [5.74, 6) is 0.706. The molecule has 208 valence electrons. The Morgan fingerprint density at radius 2 is 1.79 bits per heavy atom. The molecule has 0 radical (unpaired) electrons. The molecule has 2 fully saturated rings. The number of fused-ring (bicyclic) bond motifs is 1. The number of carbonyl (C=O) groups excluding carboxylic acids is 2. The highest BCUT2D eigenvalue weighted by atomic mass is 16.6. The highest BCUT2D eigenvalue weighted by Gasteiger charge is 2.27. The number of carbonyl (C=O) groups is 2. The number of amides is 1. The van der Waals surface area contributed by atoms with Gasteiger partial charge in [-0.15, -0.1) is 0 Å². The lowest BCUT2D eigenvalue weighted by Gasteiger charge is -2.36. The Kier molecular flexibility index (Phi) is 7.58. The number of nitrogens with zero attached hydrogens (tertiary/aromatic N) is 6. The Bertz CT molecular complexity index is 1320. The second-order valence-corrected chi connectivity index (χ2v) is 11.0. The summed E-state index contributed by atoms with van der Waals surface area (Å²) >= 11 is 0. The standard InChI is InChI=1S/C28H37N7O4/c1-5-38-25(36)22-16-19-17-30-26(32-24(19)35(22)20-8-6-7-9-20)31-23-11-10-21(18-29-23)33-12-14-34(15-13-33)27(37)39-28(2,3)4/h10-11,16-18,20H,5-9,12-15H2,1-4H3,(H,29,30,31,32). The van der Waals surface area contributed by atoms with E-state index in [2.05, 4.69) is 20.2 Å². The molecule has 0 atom stereocenters. The van der Waals surface area contributed by atoms with Gasteiger partial charge >= 0.3 is 12.1 Å². The van der Waals surface area contributed by atoms with Crippen molar-refractivity contribution >= 4 is 40.5 Å². The Labute approximate surface area is 228 Å². The maximum atomic E-state index is 12.7. The number of rotatable bonds is 6. The number of hydrogen-bond acceptors (Lipinski definition) is 9. The van der Waals surface area contributed by atoms with Crippen LogP contribution in [-0.2, 0) is 9.47 Å². The van der Waals surface area contributed by atoms with Gasteiger partial charge in [-0.3, -0.25) is 0 Å². The molecule has 0 bridgehead atoms. The number of ether oxygens (including phenoxy) is 2. The predicted octanol–water partition coefficient (Wildman–Crippen LogP) is 4.92. The Morgan fingerprint density at radius 3 is 2.44 bits per heavy atom. The van der Waals surface area contributed by atoms with Crippen molar-refractivity contribution in [3.05, 3.63) is 36.3 Å². The molecule has 11 nitrogen and oxygen atoms in total. The summed E-state index contributed by atoms with van der Waals surface area (Å²) in [4.78, 5) is 42.8. The highest BCUT2D eigenvalue weighted by Crippen LogP contribution is 2.35. The number of pyridine rings is 1. The second kappa shape index (κ2) is 11.1. The monoisotopic (exact) mass is 535 g/mol. The van der Waals surface area contributed by atoms with Crippen LogP contribution < -0.4 is 10.2 Å². The lowest BCUT2D eigenvalue weighted by atomic mass is 10.2. The molecule has 0 unspecified atom stereocenters. The average Bonchev–Trinajstić information content (AvgIpc) is 3.56.